The van der Waals surface area contributed by atoms with Crippen molar-refractivity contribution in [3.8, 4) is 5.88 Å². The quantitative estimate of drug-likeness (QED) is 0.855. The molecular formula is C16H24FN3O. The van der Waals surface area contributed by atoms with Gasteiger partial charge in [-0.05, 0) is 33.3 Å². The van der Waals surface area contributed by atoms with Crippen LogP contribution in [-0.4, -0.2) is 52.6 Å². The van der Waals surface area contributed by atoms with Gasteiger partial charge in [0.1, 0.15) is 5.82 Å². The summed E-state index contributed by atoms with van der Waals surface area (Å²) in [6, 6.07) is 2.45. The van der Waals surface area contributed by atoms with Gasteiger partial charge in [-0.2, -0.15) is 0 Å². The number of likely N-dealkylation sites (tertiary alicyclic amines) is 2. The number of hydrogen-bond acceptors (Lipinski definition) is 4. The van der Waals surface area contributed by atoms with Crippen LogP contribution >= 0.6 is 0 Å². The van der Waals surface area contributed by atoms with Crippen LogP contribution in [0.2, 0.25) is 0 Å². The summed E-state index contributed by atoms with van der Waals surface area (Å²) >= 11 is 0. The van der Waals surface area contributed by atoms with E-state index in [0.29, 0.717) is 30.1 Å². The third kappa shape index (κ3) is 2.64. The van der Waals surface area contributed by atoms with E-state index in [1.54, 1.807) is 7.11 Å². The molecule has 0 spiro atoms. The molecule has 3 rings (SSSR count). The number of hydrogen-bond donors (Lipinski definition) is 0. The molecule has 2 fully saturated rings. The van der Waals surface area contributed by atoms with Crippen LogP contribution < -0.4 is 4.74 Å². The zero-order valence-electron chi connectivity index (χ0n) is 13.3. The van der Waals surface area contributed by atoms with Gasteiger partial charge in [-0.1, -0.05) is 0 Å². The van der Waals surface area contributed by atoms with Crippen LogP contribution in [0.4, 0.5) is 4.39 Å². The molecule has 3 heterocycles. The number of halogens is 1. The Hall–Kier alpha value is -1.20. The Morgan fingerprint density at radius 1 is 1.33 bits per heavy atom. The lowest BCUT2D eigenvalue weighted by Gasteiger charge is -2.59. The molecule has 4 nitrogen and oxygen atoms in total. The Bertz CT molecular complexity index is 517. The molecule has 1 aromatic heterocycles. The first-order chi connectivity index (χ1) is 9.90. The van der Waals surface area contributed by atoms with Gasteiger partial charge in [0, 0.05) is 43.5 Å². The molecule has 2 aliphatic heterocycles. The zero-order valence-corrected chi connectivity index (χ0v) is 13.3. The van der Waals surface area contributed by atoms with Gasteiger partial charge in [0.2, 0.25) is 5.88 Å². The Morgan fingerprint density at radius 3 is 2.57 bits per heavy atom. The van der Waals surface area contributed by atoms with Gasteiger partial charge in [-0.25, -0.2) is 9.37 Å². The second-order valence-corrected chi connectivity index (χ2v) is 7.07. The molecule has 2 unspecified atom stereocenters. The van der Waals surface area contributed by atoms with Crippen molar-refractivity contribution in [3.63, 3.8) is 0 Å². The lowest BCUT2D eigenvalue weighted by atomic mass is 9.84. The summed E-state index contributed by atoms with van der Waals surface area (Å²) in [6.07, 6.45) is 2.67. The minimum atomic E-state index is -0.223. The maximum Gasteiger partial charge on any atom is 0.220 e. The van der Waals surface area contributed by atoms with E-state index < -0.39 is 0 Å². The Labute approximate surface area is 125 Å². The molecule has 0 saturated carbocycles. The first kappa shape index (κ1) is 14.7. The number of piperidine rings is 1. The van der Waals surface area contributed by atoms with Gasteiger partial charge < -0.3 is 4.74 Å². The van der Waals surface area contributed by atoms with Gasteiger partial charge >= 0.3 is 0 Å². The number of nitrogens with zero attached hydrogens (tertiary/aromatic N) is 3. The monoisotopic (exact) mass is 293 g/mol. The van der Waals surface area contributed by atoms with Crippen molar-refractivity contribution in [3.05, 3.63) is 23.6 Å². The summed E-state index contributed by atoms with van der Waals surface area (Å²) in [5.74, 6) is 0.187. The smallest absolute Gasteiger partial charge is 0.220 e. The van der Waals surface area contributed by atoms with E-state index in [2.05, 4.69) is 35.6 Å². The van der Waals surface area contributed by atoms with Crippen LogP contribution in [-0.2, 0) is 6.54 Å². The van der Waals surface area contributed by atoms with Gasteiger partial charge in [-0.3, -0.25) is 9.80 Å². The molecule has 0 radical (unpaired) electrons. The van der Waals surface area contributed by atoms with Crippen LogP contribution in [0, 0.1) is 5.82 Å². The summed E-state index contributed by atoms with van der Waals surface area (Å²) in [5, 5.41) is 0. The number of piperazine rings is 1. The molecule has 0 aliphatic carbocycles. The first-order valence-corrected chi connectivity index (χ1v) is 7.58. The molecular weight excluding hydrogens is 269 g/mol. The van der Waals surface area contributed by atoms with Gasteiger partial charge in [0.25, 0.3) is 0 Å². The van der Waals surface area contributed by atoms with Crippen molar-refractivity contribution < 1.29 is 9.13 Å². The molecule has 116 valence electrons. The molecule has 0 N–H and O–H groups in total. The Kier molecular flexibility index (Phi) is 3.66. The van der Waals surface area contributed by atoms with Crippen molar-refractivity contribution in [1.29, 1.82) is 0 Å². The number of methoxy groups -OCH3 is 1. The fraction of sp³-hybridized carbons (Fsp3) is 0.688. The summed E-state index contributed by atoms with van der Waals surface area (Å²) < 4.78 is 19.2. The predicted octanol–water partition coefficient (Wildman–Crippen LogP) is 2.29. The van der Waals surface area contributed by atoms with E-state index in [1.165, 1.54) is 18.7 Å². The van der Waals surface area contributed by atoms with Crippen LogP contribution in [0.25, 0.3) is 0 Å². The molecule has 1 aromatic rings. The van der Waals surface area contributed by atoms with Gasteiger partial charge in [0.15, 0.2) is 0 Å². The van der Waals surface area contributed by atoms with Crippen molar-refractivity contribution in [2.75, 3.05) is 20.2 Å². The van der Waals surface area contributed by atoms with Crippen molar-refractivity contribution in [2.45, 2.75) is 51.4 Å². The lowest BCUT2D eigenvalue weighted by Crippen LogP contribution is -2.70. The fourth-order valence-corrected chi connectivity index (χ4v) is 3.45. The highest BCUT2D eigenvalue weighted by Crippen LogP contribution is 2.37. The highest BCUT2D eigenvalue weighted by Gasteiger charge is 2.47. The molecule has 2 saturated heterocycles. The van der Waals surface area contributed by atoms with E-state index in [9.17, 15) is 4.39 Å². The fourth-order valence-electron chi connectivity index (χ4n) is 3.45. The summed E-state index contributed by atoms with van der Waals surface area (Å²) in [4.78, 5) is 9.04. The third-order valence-corrected chi connectivity index (χ3v) is 4.79. The van der Waals surface area contributed by atoms with Crippen LogP contribution in [0.3, 0.4) is 0 Å². The minimum absolute atomic E-state index is 0.209. The second kappa shape index (κ2) is 5.21. The molecule has 5 heteroatoms. The minimum Gasteiger partial charge on any atom is -0.481 e. The SMILES string of the molecule is COc1nccc(F)c1CN1C2CC1CN(C(C)(C)C)C2. The van der Waals surface area contributed by atoms with Crippen molar-refractivity contribution in [1.82, 2.24) is 14.8 Å². The van der Waals surface area contributed by atoms with Crippen LogP contribution in [0.15, 0.2) is 12.3 Å². The standard InChI is InChI=1S/C16H24FN3O/c1-16(2,3)19-8-11-7-12(9-19)20(11)10-13-14(17)5-6-18-15(13)21-4/h5-6,11-12H,7-10H2,1-4H3. The maximum atomic E-state index is 14.0. The molecule has 2 bridgehead atoms. The summed E-state index contributed by atoms with van der Waals surface area (Å²) in [5.41, 5.74) is 0.791. The Morgan fingerprint density at radius 2 is 2.00 bits per heavy atom. The maximum absolute atomic E-state index is 14.0. The predicted molar refractivity (Wildman–Crippen MR) is 79.8 cm³/mol. The van der Waals surface area contributed by atoms with Gasteiger partial charge in [-0.15, -0.1) is 0 Å². The number of fused-ring (bicyclic) bond motifs is 2. The van der Waals surface area contributed by atoms with Gasteiger partial charge in [0.05, 0.1) is 12.7 Å². The highest BCUT2D eigenvalue weighted by atomic mass is 19.1. The second-order valence-electron chi connectivity index (χ2n) is 7.07. The largest absolute Gasteiger partial charge is 0.481 e. The third-order valence-electron chi connectivity index (χ3n) is 4.79. The molecule has 0 aromatic carbocycles. The topological polar surface area (TPSA) is 28.6 Å². The number of ether oxygens (including phenoxy) is 1. The highest BCUT2D eigenvalue weighted by molar-refractivity contribution is 5.28. The zero-order chi connectivity index (χ0) is 15.2. The average Bonchev–Trinajstić information content (AvgIpc) is 2.44. The van der Waals surface area contributed by atoms with Crippen LogP contribution in [0.5, 0.6) is 5.88 Å². The number of aromatic nitrogens is 1. The number of rotatable bonds is 3. The molecule has 2 aliphatic rings. The van der Waals surface area contributed by atoms with Crippen molar-refractivity contribution >= 4 is 0 Å². The molecule has 21 heavy (non-hydrogen) atoms. The molecule has 0 amide bonds. The van der Waals surface area contributed by atoms with E-state index in [0.717, 1.165) is 13.1 Å². The van der Waals surface area contributed by atoms with E-state index in [-0.39, 0.29) is 11.4 Å². The van der Waals surface area contributed by atoms with Crippen molar-refractivity contribution in [2.24, 2.45) is 0 Å². The summed E-state index contributed by atoms with van der Waals surface area (Å²) in [7, 11) is 1.55. The normalized spacial score (nSPS) is 26.5. The first-order valence-electron chi connectivity index (χ1n) is 7.58. The lowest BCUT2D eigenvalue weighted by molar-refractivity contribution is -0.100. The average molecular weight is 293 g/mol. The van der Waals surface area contributed by atoms with E-state index in [4.69, 9.17) is 4.74 Å². The van der Waals surface area contributed by atoms with E-state index in [1.807, 2.05) is 0 Å². The Balaban J connectivity index is 1.72. The molecule has 2 atom stereocenters. The number of pyridine rings is 1. The van der Waals surface area contributed by atoms with E-state index >= 15 is 0 Å². The summed E-state index contributed by atoms with van der Waals surface area (Å²) in [6.45, 7) is 9.48. The van der Waals surface area contributed by atoms with Crippen LogP contribution in [0.1, 0.15) is 32.8 Å².